The lowest BCUT2D eigenvalue weighted by Gasteiger charge is -2.04. The number of unbranched alkanes of at least 4 members (excludes halogenated alkanes) is 1. The molecular weight excluding hydrogens is 337 g/mol. The van der Waals surface area contributed by atoms with E-state index < -0.39 is 5.82 Å². The van der Waals surface area contributed by atoms with E-state index in [2.05, 4.69) is 19.9 Å². The smallest absolute Gasteiger partial charge is 0.261 e. The summed E-state index contributed by atoms with van der Waals surface area (Å²) in [5.41, 5.74) is 7.31. The average molecular weight is 357 g/mol. The molecule has 0 amide bonds. The molecular formula is C18H20FN5O2. The molecule has 0 bridgehead atoms. The van der Waals surface area contributed by atoms with Crippen LogP contribution in [0.4, 0.5) is 10.3 Å². The summed E-state index contributed by atoms with van der Waals surface area (Å²) >= 11 is 0. The molecule has 4 N–H and O–H groups in total. The highest BCUT2D eigenvalue weighted by molar-refractivity contribution is 5.94. The van der Waals surface area contributed by atoms with Gasteiger partial charge in [-0.15, -0.1) is 0 Å². The number of ketones is 1. The van der Waals surface area contributed by atoms with Gasteiger partial charge in [0.05, 0.1) is 5.39 Å². The van der Waals surface area contributed by atoms with Crippen molar-refractivity contribution in [2.24, 2.45) is 0 Å². The van der Waals surface area contributed by atoms with Crippen molar-refractivity contribution < 1.29 is 9.18 Å². The lowest BCUT2D eigenvalue weighted by atomic mass is 10.1. The zero-order valence-corrected chi connectivity index (χ0v) is 14.4. The zero-order chi connectivity index (χ0) is 18.7. The molecule has 0 aromatic carbocycles. The molecule has 0 radical (unpaired) electrons. The van der Waals surface area contributed by atoms with Crippen LogP contribution in [-0.2, 0) is 12.8 Å². The first kappa shape index (κ1) is 17.8. The van der Waals surface area contributed by atoms with Gasteiger partial charge >= 0.3 is 0 Å². The Kier molecular flexibility index (Phi) is 5.11. The number of nitrogen functional groups attached to an aromatic ring is 1. The Morgan fingerprint density at radius 1 is 1.23 bits per heavy atom. The second-order valence-electron chi connectivity index (χ2n) is 6.17. The predicted octanol–water partition coefficient (Wildman–Crippen LogP) is 2.53. The molecule has 3 heterocycles. The number of aromatic amines is 2. The normalized spacial score (nSPS) is 11.2. The summed E-state index contributed by atoms with van der Waals surface area (Å²) in [6.45, 7) is 1.68. The van der Waals surface area contributed by atoms with Gasteiger partial charge in [-0.2, -0.15) is 4.98 Å². The number of hydrogen-bond donors (Lipinski definition) is 3. The summed E-state index contributed by atoms with van der Waals surface area (Å²) in [6.07, 6.45) is 4.85. The Morgan fingerprint density at radius 2 is 2.00 bits per heavy atom. The molecule has 8 heteroatoms. The van der Waals surface area contributed by atoms with Crippen molar-refractivity contribution in [3.05, 3.63) is 51.5 Å². The molecule has 3 aromatic heterocycles. The third-order valence-electron chi connectivity index (χ3n) is 4.22. The maximum atomic E-state index is 13.9. The Bertz CT molecular complexity index is 1010. The Balaban J connectivity index is 1.57. The van der Waals surface area contributed by atoms with Gasteiger partial charge in [0.2, 0.25) is 5.95 Å². The third kappa shape index (κ3) is 3.79. The van der Waals surface area contributed by atoms with Crippen LogP contribution in [0, 0.1) is 5.82 Å². The number of nitrogens with one attached hydrogen (secondary N) is 2. The standard InChI is InChI=1S/C18H20FN5O2/c1-2-14(25)15-13(19)7-10(9-21-15)5-3-4-6-11-8-12-16(22-11)23-18(20)24-17(12)26/h7-9H,2-6H2,1H3,(H4,20,22,23,24,26). The summed E-state index contributed by atoms with van der Waals surface area (Å²) in [5.74, 6) is -0.777. The number of carbonyl (C=O) groups excluding carboxylic acids is 1. The fraction of sp³-hybridized carbons (Fsp3) is 0.333. The average Bonchev–Trinajstić information content (AvgIpc) is 3.01. The van der Waals surface area contributed by atoms with E-state index >= 15 is 0 Å². The lowest BCUT2D eigenvalue weighted by molar-refractivity contribution is 0.0979. The summed E-state index contributed by atoms with van der Waals surface area (Å²) in [7, 11) is 0. The number of carbonyl (C=O) groups is 1. The number of H-pyrrole nitrogens is 2. The van der Waals surface area contributed by atoms with Gasteiger partial charge in [-0.05, 0) is 43.4 Å². The Morgan fingerprint density at radius 3 is 2.73 bits per heavy atom. The molecule has 0 aliphatic rings. The molecule has 3 rings (SSSR count). The minimum absolute atomic E-state index is 0.0791. The second-order valence-corrected chi connectivity index (χ2v) is 6.17. The minimum Gasteiger partial charge on any atom is -0.369 e. The molecule has 7 nitrogen and oxygen atoms in total. The van der Waals surface area contributed by atoms with Crippen LogP contribution in [0.5, 0.6) is 0 Å². The summed E-state index contributed by atoms with van der Waals surface area (Å²) in [4.78, 5) is 36.9. The van der Waals surface area contributed by atoms with Crippen molar-refractivity contribution in [1.29, 1.82) is 0 Å². The highest BCUT2D eigenvalue weighted by Crippen LogP contribution is 2.15. The Hall–Kier alpha value is -3.03. The molecule has 0 saturated heterocycles. The monoisotopic (exact) mass is 357 g/mol. The number of Topliss-reactive ketones (excluding diaryl/α,β-unsaturated/α-hetero) is 1. The first-order valence-electron chi connectivity index (χ1n) is 8.53. The Labute approximate surface area is 148 Å². The fourth-order valence-electron chi connectivity index (χ4n) is 2.86. The van der Waals surface area contributed by atoms with Crippen molar-refractivity contribution in [3.63, 3.8) is 0 Å². The fourth-order valence-corrected chi connectivity index (χ4v) is 2.86. The molecule has 3 aromatic rings. The molecule has 0 spiro atoms. The van der Waals surface area contributed by atoms with Gasteiger partial charge in [-0.3, -0.25) is 14.6 Å². The van der Waals surface area contributed by atoms with Crippen LogP contribution in [0.2, 0.25) is 0 Å². The van der Waals surface area contributed by atoms with Gasteiger partial charge in [0, 0.05) is 18.3 Å². The maximum absolute atomic E-state index is 13.9. The largest absolute Gasteiger partial charge is 0.369 e. The maximum Gasteiger partial charge on any atom is 0.261 e. The molecule has 26 heavy (non-hydrogen) atoms. The van der Waals surface area contributed by atoms with Gasteiger partial charge in [0.25, 0.3) is 5.56 Å². The van der Waals surface area contributed by atoms with Crippen LogP contribution >= 0.6 is 0 Å². The number of nitrogens with two attached hydrogens (primary N) is 1. The van der Waals surface area contributed by atoms with Crippen LogP contribution in [0.1, 0.15) is 47.9 Å². The number of nitrogens with zero attached hydrogens (tertiary/aromatic N) is 2. The molecule has 0 aliphatic carbocycles. The number of pyridine rings is 1. The predicted molar refractivity (Wildman–Crippen MR) is 96.6 cm³/mol. The van der Waals surface area contributed by atoms with Gasteiger partial charge in [-0.1, -0.05) is 6.92 Å². The molecule has 0 saturated carbocycles. The van der Waals surface area contributed by atoms with Gasteiger partial charge < -0.3 is 10.7 Å². The quantitative estimate of drug-likeness (QED) is 0.444. The van der Waals surface area contributed by atoms with E-state index in [1.807, 2.05) is 0 Å². The van der Waals surface area contributed by atoms with Crippen LogP contribution in [0.15, 0.2) is 23.1 Å². The first-order chi connectivity index (χ1) is 12.5. The summed E-state index contributed by atoms with van der Waals surface area (Å²) < 4.78 is 13.9. The van der Waals surface area contributed by atoms with Crippen molar-refractivity contribution in [2.75, 3.05) is 5.73 Å². The summed E-state index contributed by atoms with van der Waals surface area (Å²) in [5, 5.41) is 0.483. The lowest BCUT2D eigenvalue weighted by Crippen LogP contribution is -2.09. The number of fused-ring (bicyclic) bond motifs is 1. The number of hydrogen-bond acceptors (Lipinski definition) is 5. The zero-order valence-electron chi connectivity index (χ0n) is 14.4. The van der Waals surface area contributed by atoms with Gasteiger partial charge in [-0.25, -0.2) is 9.37 Å². The number of rotatable bonds is 7. The van der Waals surface area contributed by atoms with Crippen molar-refractivity contribution >= 4 is 22.8 Å². The van der Waals surface area contributed by atoms with E-state index in [1.54, 1.807) is 19.2 Å². The second kappa shape index (κ2) is 7.47. The molecule has 0 aliphatic heterocycles. The number of anilines is 1. The summed E-state index contributed by atoms with van der Waals surface area (Å²) in [6, 6.07) is 3.15. The van der Waals surface area contributed by atoms with E-state index in [0.29, 0.717) is 17.5 Å². The van der Waals surface area contributed by atoms with Gasteiger partial charge in [0.15, 0.2) is 11.6 Å². The minimum atomic E-state index is -0.562. The highest BCUT2D eigenvalue weighted by Gasteiger charge is 2.12. The topological polar surface area (TPSA) is 118 Å². The third-order valence-corrected chi connectivity index (χ3v) is 4.22. The molecule has 136 valence electrons. The molecule has 0 unspecified atom stereocenters. The SMILES string of the molecule is CCC(=O)c1ncc(CCCCc2cc3c(=O)[nH]c(N)nc3[nH]2)cc1F. The van der Waals surface area contributed by atoms with Crippen molar-refractivity contribution in [1.82, 2.24) is 19.9 Å². The van der Waals surface area contributed by atoms with Crippen molar-refractivity contribution in [3.8, 4) is 0 Å². The van der Waals surface area contributed by atoms with E-state index in [1.165, 1.54) is 6.07 Å². The highest BCUT2D eigenvalue weighted by atomic mass is 19.1. The van der Waals surface area contributed by atoms with Crippen LogP contribution in [0.25, 0.3) is 11.0 Å². The number of halogens is 1. The van der Waals surface area contributed by atoms with E-state index in [-0.39, 0.29) is 29.4 Å². The number of aromatic nitrogens is 4. The van der Waals surface area contributed by atoms with E-state index in [0.717, 1.165) is 30.5 Å². The van der Waals surface area contributed by atoms with E-state index in [4.69, 9.17) is 5.73 Å². The van der Waals surface area contributed by atoms with Crippen LogP contribution < -0.4 is 11.3 Å². The van der Waals surface area contributed by atoms with Gasteiger partial charge in [0.1, 0.15) is 11.3 Å². The van der Waals surface area contributed by atoms with Crippen LogP contribution in [0.3, 0.4) is 0 Å². The molecule has 0 fully saturated rings. The van der Waals surface area contributed by atoms with E-state index in [9.17, 15) is 14.0 Å². The molecule has 0 atom stereocenters. The van der Waals surface area contributed by atoms with Crippen LogP contribution in [-0.4, -0.2) is 25.7 Å². The number of aryl methyl sites for hydroxylation is 2. The van der Waals surface area contributed by atoms with Crippen molar-refractivity contribution in [2.45, 2.75) is 39.0 Å². The first-order valence-corrected chi connectivity index (χ1v) is 8.53.